The first-order valence-electron chi connectivity index (χ1n) is 19.6. The van der Waals surface area contributed by atoms with Crippen LogP contribution >= 0.6 is 126 Å². The molecule has 0 aliphatic carbocycles. The molecular weight excluding hydrogens is 953 g/mol. The van der Waals surface area contributed by atoms with E-state index in [0.717, 1.165) is 70.2 Å². The largest absolute Gasteiger partial charge is 0.324 e. The molecule has 14 heteroatoms. The van der Waals surface area contributed by atoms with Crippen molar-refractivity contribution in [2.75, 3.05) is 0 Å². The molecule has 0 radical (unpaired) electrons. The molecule has 4 aromatic rings. The number of thiocarbonyl (C=S) groups is 4. The quantitative estimate of drug-likeness (QED) is 0.0319. The molecule has 0 fully saturated rings. The third kappa shape index (κ3) is 25.6. The van der Waals surface area contributed by atoms with Gasteiger partial charge in [0.25, 0.3) is 0 Å². The lowest BCUT2D eigenvalue weighted by molar-refractivity contribution is 0.697. The third-order valence-corrected chi connectivity index (χ3v) is 10.1. The summed E-state index contributed by atoms with van der Waals surface area (Å²) in [5.74, 6) is 0. The van der Waals surface area contributed by atoms with Gasteiger partial charge in [0, 0.05) is 24.2 Å². The average Bonchev–Trinajstić information content (AvgIpc) is 3.26. The smallest absolute Gasteiger partial charge is 0.0675 e. The van der Waals surface area contributed by atoms with E-state index in [2.05, 4.69) is 102 Å². The molecule has 8 N–H and O–H groups in total. The fraction of sp³-hybridized carbons (Fsp3) is 0.250. The second-order valence-corrected chi connectivity index (χ2v) is 18.2. The molecule has 4 atom stereocenters. The summed E-state index contributed by atoms with van der Waals surface area (Å²) in [5.41, 5.74) is 33.1. The van der Waals surface area contributed by atoms with Gasteiger partial charge in [-0.25, -0.2) is 0 Å². The van der Waals surface area contributed by atoms with Gasteiger partial charge in [-0.05, 0) is 94.5 Å². The van der Waals surface area contributed by atoms with Crippen LogP contribution in [-0.4, -0.2) is 16.8 Å². The van der Waals surface area contributed by atoms with Crippen LogP contribution in [0.15, 0.2) is 121 Å². The van der Waals surface area contributed by atoms with E-state index in [9.17, 15) is 0 Å². The van der Waals surface area contributed by atoms with Crippen molar-refractivity contribution in [2.45, 2.75) is 77.5 Å². The van der Waals surface area contributed by atoms with Gasteiger partial charge in [-0.15, -0.1) is 50.5 Å². The van der Waals surface area contributed by atoms with Crippen LogP contribution in [0, 0.1) is 0 Å². The van der Waals surface area contributed by atoms with Gasteiger partial charge in [-0.2, -0.15) is 27.0 Å². The predicted molar refractivity (Wildman–Crippen MR) is 318 cm³/mol. The zero-order valence-electron chi connectivity index (χ0n) is 35.7. The number of benzene rings is 4. The highest BCUT2D eigenvalue weighted by atomic mass is 32.1. The van der Waals surface area contributed by atoms with Gasteiger partial charge >= 0.3 is 0 Å². The normalized spacial score (nSPS) is 12.6. The van der Waals surface area contributed by atoms with Gasteiger partial charge < -0.3 is 22.9 Å². The highest BCUT2D eigenvalue weighted by molar-refractivity contribution is 8.12. The highest BCUT2D eigenvalue weighted by Crippen LogP contribution is 2.23. The van der Waals surface area contributed by atoms with E-state index >= 15 is 0 Å². The molecule has 0 amide bonds. The number of hydrogen-bond acceptors (Lipinski definition) is 8. The Morgan fingerprint density at radius 2 is 0.548 bits per heavy atom. The number of hydrogen-bond donors (Lipinski definition) is 8. The highest BCUT2D eigenvalue weighted by Gasteiger charge is 2.09. The van der Waals surface area contributed by atoms with Crippen LogP contribution in [0.4, 0.5) is 0 Å². The summed E-state index contributed by atoms with van der Waals surface area (Å²) in [5, 5.41) is 0. The first-order chi connectivity index (χ1) is 28.6. The monoisotopic (exact) mass is 1020 g/mol. The lowest BCUT2D eigenvalue weighted by Crippen LogP contribution is -2.09. The zero-order valence-corrected chi connectivity index (χ0v) is 44.6. The molecule has 0 saturated carbocycles. The van der Waals surface area contributed by atoms with Crippen LogP contribution in [0.1, 0.15) is 122 Å². The second kappa shape index (κ2) is 36.4. The molecule has 0 aliphatic rings. The molecule has 0 aromatic heterocycles. The first kappa shape index (κ1) is 62.2. The fourth-order valence-electron chi connectivity index (χ4n) is 5.53. The van der Waals surface area contributed by atoms with Crippen molar-refractivity contribution in [2.24, 2.45) is 22.9 Å². The first-order valence-corrected chi connectivity index (χ1v) is 23.0. The minimum Gasteiger partial charge on any atom is -0.324 e. The van der Waals surface area contributed by atoms with E-state index in [-0.39, 0.29) is 51.2 Å². The van der Waals surface area contributed by atoms with Crippen LogP contribution in [-0.2, 0) is 0 Å². The Hall–Kier alpha value is -1.86. The van der Waals surface area contributed by atoms with Crippen molar-refractivity contribution in [3.05, 3.63) is 166 Å². The van der Waals surface area contributed by atoms with Crippen molar-refractivity contribution < 1.29 is 0 Å². The topological polar surface area (TPSA) is 104 Å². The Bertz CT molecular complexity index is 1790. The summed E-state index contributed by atoms with van der Waals surface area (Å²) in [6, 6.07) is 32.7. The van der Waals surface area contributed by atoms with Crippen molar-refractivity contribution in [1.29, 1.82) is 0 Å². The molecule has 0 heterocycles. The maximum Gasteiger partial charge on any atom is 0.0675 e. The van der Waals surface area contributed by atoms with Crippen molar-refractivity contribution in [3.63, 3.8) is 0 Å². The molecule has 336 valence electrons. The third-order valence-electron chi connectivity index (χ3n) is 8.96. The van der Waals surface area contributed by atoms with Crippen molar-refractivity contribution >= 4 is 167 Å². The van der Waals surface area contributed by atoms with Crippen LogP contribution in [0.25, 0.3) is 24.3 Å². The summed E-state index contributed by atoms with van der Waals surface area (Å²) in [4.78, 5) is 0. The molecule has 0 saturated heterocycles. The van der Waals surface area contributed by atoms with E-state index in [0.29, 0.717) is 16.8 Å². The van der Waals surface area contributed by atoms with Crippen molar-refractivity contribution in [1.82, 2.24) is 0 Å². The maximum absolute atomic E-state index is 6.02. The Balaban J connectivity index is 0. The summed E-state index contributed by atoms with van der Waals surface area (Å²) in [6.45, 7) is 8.31. The Labute approximate surface area is 429 Å². The molecule has 62 heavy (non-hydrogen) atoms. The van der Waals surface area contributed by atoms with Gasteiger partial charge in [0.15, 0.2) is 0 Å². The molecule has 0 aliphatic heterocycles. The Morgan fingerprint density at radius 3 is 0.694 bits per heavy atom. The second-order valence-electron chi connectivity index (χ2n) is 13.3. The molecule has 4 unspecified atom stereocenters. The lowest BCUT2D eigenvalue weighted by Gasteiger charge is -2.12. The average molecular weight is 1020 g/mol. The molecule has 0 bridgehead atoms. The van der Waals surface area contributed by atoms with E-state index in [1.165, 1.54) is 0 Å². The van der Waals surface area contributed by atoms with Crippen LogP contribution in [0.2, 0.25) is 0 Å². The van der Waals surface area contributed by atoms with E-state index in [4.69, 9.17) is 71.8 Å². The van der Waals surface area contributed by atoms with Crippen LogP contribution in [0.5, 0.6) is 0 Å². The zero-order chi connectivity index (χ0) is 45.0. The summed E-state index contributed by atoms with van der Waals surface area (Å²) < 4.78 is 2.31. The van der Waals surface area contributed by atoms with Crippen LogP contribution < -0.4 is 22.9 Å². The Morgan fingerprint density at radius 1 is 0.387 bits per heavy atom. The van der Waals surface area contributed by atoms with Gasteiger partial charge in [-0.3, -0.25) is 0 Å². The maximum atomic E-state index is 6.02. The van der Waals surface area contributed by atoms with Gasteiger partial charge in [0.05, 0.1) is 16.8 Å². The summed E-state index contributed by atoms with van der Waals surface area (Å²) in [7, 11) is 0. The molecular formula is C48H64N4S10. The number of nitrogens with two attached hydrogens (primary N) is 4. The van der Waals surface area contributed by atoms with Gasteiger partial charge in [-0.1, -0.05) is 198 Å². The number of rotatable bonds is 16. The van der Waals surface area contributed by atoms with Crippen LogP contribution in [0.3, 0.4) is 0 Å². The minimum absolute atomic E-state index is 0. The predicted octanol–water partition coefficient (Wildman–Crippen LogP) is 13.7. The lowest BCUT2D eigenvalue weighted by atomic mass is 9.99. The summed E-state index contributed by atoms with van der Waals surface area (Å²) in [6.07, 6.45) is 18.8. The van der Waals surface area contributed by atoms with E-state index in [1.54, 1.807) is 24.3 Å². The van der Waals surface area contributed by atoms with Gasteiger partial charge in [0.2, 0.25) is 0 Å². The minimum atomic E-state index is 0. The van der Waals surface area contributed by atoms with Gasteiger partial charge in [0.1, 0.15) is 0 Å². The van der Waals surface area contributed by atoms with Crippen molar-refractivity contribution in [3.8, 4) is 0 Å². The SMILES string of the molecule is CCC(N)c1ccccc1/C=C/C(=S)S.CCC(N)c1ccccc1/C=C/C(=S)S.CCC(N)c1ccccc1/C=C/C(=S)S.CCC(N)c1ccccc1/C=C/C(=S)S.S.S. The molecule has 4 rings (SSSR count). The molecule has 4 aromatic carbocycles. The van der Waals surface area contributed by atoms with E-state index < -0.39 is 0 Å². The standard InChI is InChI=1S/4C12H15NS2.2H2S/c4*1-2-11(13)10-6-4-3-5-9(10)7-8-12(14)15;;/h4*3-8,11H,2,13H2,1H3,(H,14,15);2*1H2/b4*8-7+;;. The molecule has 0 spiro atoms. The molecule has 4 nitrogen and oxygen atoms in total. The summed E-state index contributed by atoms with van der Waals surface area (Å²) >= 11 is 35.7. The fourth-order valence-corrected chi connectivity index (χ4v) is 6.10. The number of thiol groups is 4. The Kier molecular flexibility index (Phi) is 36.5. The van der Waals surface area contributed by atoms with E-state index in [1.807, 2.05) is 97.1 Å².